The molecule has 0 saturated heterocycles. The zero-order valence-electron chi connectivity index (χ0n) is 11.0. The van der Waals surface area contributed by atoms with Gasteiger partial charge >= 0.3 is 0 Å². The minimum atomic E-state index is -0.399. The van der Waals surface area contributed by atoms with Crippen LogP contribution in [0.3, 0.4) is 0 Å². The van der Waals surface area contributed by atoms with Crippen molar-refractivity contribution in [2.75, 3.05) is 0 Å². The molecular weight excluding hydrogens is 259 g/mol. The third-order valence-corrected chi connectivity index (χ3v) is 3.14. The third-order valence-electron chi connectivity index (χ3n) is 3.14. The Labute approximate surface area is 116 Å². The summed E-state index contributed by atoms with van der Waals surface area (Å²) in [6.45, 7) is 2.25. The average Bonchev–Trinajstić information content (AvgIpc) is 2.45. The van der Waals surface area contributed by atoms with E-state index in [1.807, 2.05) is 13.0 Å². The van der Waals surface area contributed by atoms with Crippen LogP contribution < -0.4 is 5.32 Å². The molecule has 0 unspecified atom stereocenters. The maximum atomic E-state index is 13.1. The van der Waals surface area contributed by atoms with Gasteiger partial charge in [-0.15, -0.1) is 0 Å². The van der Waals surface area contributed by atoms with Crippen LogP contribution in [0.15, 0.2) is 48.5 Å². The van der Waals surface area contributed by atoms with Gasteiger partial charge in [0.1, 0.15) is 5.82 Å². The second-order valence-electron chi connectivity index (χ2n) is 4.54. The first-order valence-electron chi connectivity index (χ1n) is 6.29. The second-order valence-corrected chi connectivity index (χ2v) is 4.54. The molecule has 0 amide bonds. The highest BCUT2D eigenvalue weighted by molar-refractivity contribution is 5.39. The van der Waals surface area contributed by atoms with Crippen LogP contribution in [-0.2, 0) is 6.54 Å². The Kier molecular flexibility index (Phi) is 4.42. The molecule has 0 aliphatic carbocycles. The molecule has 0 aromatic heterocycles. The van der Waals surface area contributed by atoms with Gasteiger partial charge in [0.25, 0.3) is 5.69 Å². The van der Waals surface area contributed by atoms with Gasteiger partial charge in [-0.05, 0) is 24.6 Å². The number of nitro groups is 1. The Morgan fingerprint density at radius 1 is 1.25 bits per heavy atom. The molecule has 4 nitrogen and oxygen atoms in total. The number of nitrogens with one attached hydrogen (secondary N) is 1. The standard InChI is InChI=1S/C15H15FN2O2/c1-11(12-6-4-7-14(16)9-12)17-10-13-5-2-3-8-15(13)18(19)20/h2-9,11,17H,10H2,1H3/t11-/m1/s1. The van der Waals surface area contributed by atoms with Crippen LogP contribution in [0.5, 0.6) is 0 Å². The first-order chi connectivity index (χ1) is 9.58. The SMILES string of the molecule is C[C@@H](NCc1ccccc1[N+](=O)[O-])c1cccc(F)c1. The van der Waals surface area contributed by atoms with E-state index in [9.17, 15) is 14.5 Å². The number of hydrogen-bond donors (Lipinski definition) is 1. The van der Waals surface area contributed by atoms with Crippen molar-refractivity contribution in [1.29, 1.82) is 0 Å². The van der Waals surface area contributed by atoms with Crippen molar-refractivity contribution in [2.24, 2.45) is 0 Å². The summed E-state index contributed by atoms with van der Waals surface area (Å²) in [7, 11) is 0. The van der Waals surface area contributed by atoms with Crippen LogP contribution in [0, 0.1) is 15.9 Å². The van der Waals surface area contributed by atoms with E-state index in [-0.39, 0.29) is 17.5 Å². The van der Waals surface area contributed by atoms with E-state index in [1.165, 1.54) is 18.2 Å². The summed E-state index contributed by atoms with van der Waals surface area (Å²) in [6, 6.07) is 12.8. The van der Waals surface area contributed by atoms with Gasteiger partial charge in [-0.1, -0.05) is 30.3 Å². The van der Waals surface area contributed by atoms with Crippen molar-refractivity contribution in [3.63, 3.8) is 0 Å². The maximum Gasteiger partial charge on any atom is 0.273 e. The first-order valence-corrected chi connectivity index (χ1v) is 6.29. The van der Waals surface area contributed by atoms with Gasteiger partial charge in [0.15, 0.2) is 0 Å². The molecule has 0 saturated carbocycles. The molecule has 0 aliphatic heterocycles. The minimum Gasteiger partial charge on any atom is -0.306 e. The lowest BCUT2D eigenvalue weighted by Crippen LogP contribution is -2.18. The Morgan fingerprint density at radius 2 is 2.00 bits per heavy atom. The van der Waals surface area contributed by atoms with E-state index in [1.54, 1.807) is 24.3 Å². The Hall–Kier alpha value is -2.27. The van der Waals surface area contributed by atoms with E-state index in [0.717, 1.165) is 5.56 Å². The van der Waals surface area contributed by atoms with E-state index >= 15 is 0 Å². The van der Waals surface area contributed by atoms with Crippen LogP contribution in [0.4, 0.5) is 10.1 Å². The highest BCUT2D eigenvalue weighted by Crippen LogP contribution is 2.19. The van der Waals surface area contributed by atoms with Crippen LogP contribution in [0.2, 0.25) is 0 Å². The Bertz CT molecular complexity index is 616. The second kappa shape index (κ2) is 6.25. The lowest BCUT2D eigenvalue weighted by Gasteiger charge is -2.14. The topological polar surface area (TPSA) is 55.2 Å². The van der Waals surface area contributed by atoms with E-state index in [0.29, 0.717) is 12.1 Å². The maximum absolute atomic E-state index is 13.1. The number of para-hydroxylation sites is 1. The molecule has 0 bridgehead atoms. The normalized spacial score (nSPS) is 12.1. The number of rotatable bonds is 5. The predicted octanol–water partition coefficient (Wildman–Crippen LogP) is 3.58. The van der Waals surface area contributed by atoms with Gasteiger partial charge in [-0.25, -0.2) is 4.39 Å². The largest absolute Gasteiger partial charge is 0.306 e. The fourth-order valence-electron chi connectivity index (χ4n) is 2.00. The molecule has 0 fully saturated rings. The summed E-state index contributed by atoms with van der Waals surface area (Å²) in [6.07, 6.45) is 0. The van der Waals surface area contributed by atoms with Crippen molar-refractivity contribution in [3.8, 4) is 0 Å². The molecule has 2 aromatic rings. The van der Waals surface area contributed by atoms with Gasteiger partial charge in [0.05, 0.1) is 4.92 Å². The molecule has 0 heterocycles. The predicted molar refractivity (Wildman–Crippen MR) is 74.8 cm³/mol. The van der Waals surface area contributed by atoms with Crippen LogP contribution >= 0.6 is 0 Å². The molecule has 104 valence electrons. The lowest BCUT2D eigenvalue weighted by atomic mass is 10.1. The number of nitro benzene ring substituents is 1. The van der Waals surface area contributed by atoms with Gasteiger partial charge < -0.3 is 5.32 Å². The van der Waals surface area contributed by atoms with Crippen LogP contribution in [0.1, 0.15) is 24.1 Å². The van der Waals surface area contributed by atoms with E-state index in [2.05, 4.69) is 5.32 Å². The van der Waals surface area contributed by atoms with Gasteiger partial charge in [-0.2, -0.15) is 0 Å². The third kappa shape index (κ3) is 3.39. The number of nitrogens with zero attached hydrogens (tertiary/aromatic N) is 1. The van der Waals surface area contributed by atoms with E-state index in [4.69, 9.17) is 0 Å². The number of hydrogen-bond acceptors (Lipinski definition) is 3. The Balaban J connectivity index is 2.07. The smallest absolute Gasteiger partial charge is 0.273 e. The zero-order valence-corrected chi connectivity index (χ0v) is 11.0. The quantitative estimate of drug-likeness (QED) is 0.669. The number of benzene rings is 2. The monoisotopic (exact) mass is 274 g/mol. The summed E-state index contributed by atoms with van der Waals surface area (Å²) in [4.78, 5) is 10.5. The summed E-state index contributed by atoms with van der Waals surface area (Å²) >= 11 is 0. The Morgan fingerprint density at radius 3 is 2.70 bits per heavy atom. The molecule has 0 radical (unpaired) electrons. The van der Waals surface area contributed by atoms with Gasteiger partial charge in [0, 0.05) is 24.2 Å². The van der Waals surface area contributed by atoms with Crippen LogP contribution in [-0.4, -0.2) is 4.92 Å². The molecule has 20 heavy (non-hydrogen) atoms. The molecule has 0 aliphatic rings. The number of halogens is 1. The summed E-state index contributed by atoms with van der Waals surface area (Å²) in [5.41, 5.74) is 1.51. The fraction of sp³-hybridized carbons (Fsp3) is 0.200. The molecule has 5 heteroatoms. The van der Waals surface area contributed by atoms with Gasteiger partial charge in [-0.3, -0.25) is 10.1 Å². The average molecular weight is 274 g/mol. The van der Waals surface area contributed by atoms with Gasteiger partial charge in [0.2, 0.25) is 0 Å². The molecule has 2 aromatic carbocycles. The molecule has 1 atom stereocenters. The van der Waals surface area contributed by atoms with E-state index < -0.39 is 4.92 Å². The van der Waals surface area contributed by atoms with Crippen LogP contribution in [0.25, 0.3) is 0 Å². The summed E-state index contributed by atoms with van der Waals surface area (Å²) in [5.74, 6) is -0.290. The minimum absolute atomic E-state index is 0.0893. The fourth-order valence-corrected chi connectivity index (χ4v) is 2.00. The van der Waals surface area contributed by atoms with Crippen molar-refractivity contribution in [1.82, 2.24) is 5.32 Å². The highest BCUT2D eigenvalue weighted by atomic mass is 19.1. The van der Waals surface area contributed by atoms with Crippen molar-refractivity contribution in [3.05, 3.63) is 75.6 Å². The lowest BCUT2D eigenvalue weighted by molar-refractivity contribution is -0.385. The first kappa shape index (κ1) is 14.1. The molecule has 0 spiro atoms. The van der Waals surface area contributed by atoms with Crippen molar-refractivity contribution in [2.45, 2.75) is 19.5 Å². The highest BCUT2D eigenvalue weighted by Gasteiger charge is 2.13. The van der Waals surface area contributed by atoms with Crippen molar-refractivity contribution >= 4 is 5.69 Å². The van der Waals surface area contributed by atoms with Crippen molar-refractivity contribution < 1.29 is 9.31 Å². The molecular formula is C15H15FN2O2. The molecule has 2 rings (SSSR count). The molecule has 1 N–H and O–H groups in total. The zero-order chi connectivity index (χ0) is 14.5. The summed E-state index contributed by atoms with van der Waals surface area (Å²) in [5, 5.41) is 14.1. The summed E-state index contributed by atoms with van der Waals surface area (Å²) < 4.78 is 13.1.